The van der Waals surface area contributed by atoms with Gasteiger partial charge in [0.05, 0.1) is 12.1 Å². The fourth-order valence-electron chi connectivity index (χ4n) is 2.38. The third-order valence-electron chi connectivity index (χ3n) is 3.78. The minimum absolute atomic E-state index is 0.0491. The molecule has 0 aromatic carbocycles. The molecule has 2 N–H and O–H groups in total. The number of carbonyl (C=O) groups excluding carboxylic acids is 1. The Bertz CT molecular complexity index is 442. The van der Waals surface area contributed by atoms with Crippen molar-refractivity contribution in [3.05, 3.63) is 23.0 Å². The topological polar surface area (TPSA) is 75.1 Å². The first kappa shape index (κ1) is 14.2. The second-order valence-corrected chi connectivity index (χ2v) is 5.70. The van der Waals surface area contributed by atoms with E-state index in [4.69, 9.17) is 11.6 Å². The van der Waals surface area contributed by atoms with Crippen LogP contribution in [0.2, 0.25) is 5.15 Å². The normalized spacial score (nSPS) is 27.0. The lowest BCUT2D eigenvalue weighted by atomic mass is 9.77. The van der Waals surface area contributed by atoms with Gasteiger partial charge in [0, 0.05) is 0 Å². The summed E-state index contributed by atoms with van der Waals surface area (Å²) in [5.74, 6) is 0.333. The second kappa shape index (κ2) is 5.84. The molecule has 0 saturated heterocycles. The number of nitrogens with one attached hydrogen (secondary N) is 1. The summed E-state index contributed by atoms with van der Waals surface area (Å²) < 4.78 is 0. The Labute approximate surface area is 117 Å². The highest BCUT2D eigenvalue weighted by Crippen LogP contribution is 2.31. The highest BCUT2D eigenvalue weighted by Gasteiger charge is 2.35. The van der Waals surface area contributed by atoms with Gasteiger partial charge in [0.2, 0.25) is 0 Å². The zero-order chi connectivity index (χ0) is 13.9. The van der Waals surface area contributed by atoms with E-state index in [1.807, 2.05) is 0 Å². The largest absolute Gasteiger partial charge is 0.394 e. The van der Waals surface area contributed by atoms with Crippen LogP contribution in [0.4, 0.5) is 0 Å². The summed E-state index contributed by atoms with van der Waals surface area (Å²) in [4.78, 5) is 12.1. The van der Waals surface area contributed by atoms with Crippen molar-refractivity contribution < 1.29 is 9.90 Å². The van der Waals surface area contributed by atoms with Crippen LogP contribution in [0.5, 0.6) is 0 Å². The number of amides is 1. The van der Waals surface area contributed by atoms with E-state index in [2.05, 4.69) is 22.4 Å². The maximum Gasteiger partial charge on any atom is 0.272 e. The van der Waals surface area contributed by atoms with Crippen molar-refractivity contribution in [2.45, 2.75) is 38.1 Å². The highest BCUT2D eigenvalue weighted by atomic mass is 35.5. The smallest absolute Gasteiger partial charge is 0.272 e. The van der Waals surface area contributed by atoms with E-state index in [-0.39, 0.29) is 23.4 Å². The fraction of sp³-hybridized carbons (Fsp3) is 0.615. The molecular weight excluding hydrogens is 266 g/mol. The molecular formula is C13H18ClN3O2. The van der Waals surface area contributed by atoms with Gasteiger partial charge in [-0.15, -0.1) is 10.2 Å². The molecule has 0 unspecified atom stereocenters. The first-order chi connectivity index (χ1) is 9.04. The highest BCUT2D eigenvalue weighted by molar-refractivity contribution is 6.29. The van der Waals surface area contributed by atoms with E-state index in [0.29, 0.717) is 5.92 Å². The number of hydrogen-bond acceptors (Lipinski definition) is 4. The van der Waals surface area contributed by atoms with Crippen molar-refractivity contribution in [1.82, 2.24) is 15.5 Å². The summed E-state index contributed by atoms with van der Waals surface area (Å²) >= 11 is 5.63. The molecule has 0 spiro atoms. The van der Waals surface area contributed by atoms with Gasteiger partial charge in [0.25, 0.3) is 5.91 Å². The fourth-order valence-corrected chi connectivity index (χ4v) is 2.48. The summed E-state index contributed by atoms with van der Waals surface area (Å²) in [5.41, 5.74) is -0.305. The lowest BCUT2D eigenvalue weighted by molar-refractivity contribution is 0.0712. The third-order valence-corrected chi connectivity index (χ3v) is 3.98. The van der Waals surface area contributed by atoms with Crippen molar-refractivity contribution in [2.75, 3.05) is 6.61 Å². The summed E-state index contributed by atoms with van der Waals surface area (Å²) in [7, 11) is 0. The summed E-state index contributed by atoms with van der Waals surface area (Å²) in [6.07, 6.45) is 3.59. The van der Waals surface area contributed by atoms with E-state index in [1.165, 1.54) is 12.1 Å². The van der Waals surface area contributed by atoms with Crippen LogP contribution in [0.1, 0.15) is 43.1 Å². The molecule has 0 atom stereocenters. The van der Waals surface area contributed by atoms with Crippen LogP contribution >= 0.6 is 11.6 Å². The van der Waals surface area contributed by atoms with Crippen molar-refractivity contribution >= 4 is 17.5 Å². The van der Waals surface area contributed by atoms with Crippen LogP contribution < -0.4 is 5.32 Å². The molecule has 104 valence electrons. The quantitative estimate of drug-likeness (QED) is 0.887. The van der Waals surface area contributed by atoms with Gasteiger partial charge in [-0.25, -0.2) is 0 Å². The molecule has 2 rings (SSSR count). The van der Waals surface area contributed by atoms with Crippen LogP contribution in [0.25, 0.3) is 0 Å². The van der Waals surface area contributed by atoms with Gasteiger partial charge in [-0.1, -0.05) is 18.5 Å². The van der Waals surface area contributed by atoms with E-state index in [0.717, 1.165) is 25.7 Å². The molecule has 1 aliphatic rings. The molecule has 1 fully saturated rings. The molecule has 19 heavy (non-hydrogen) atoms. The summed E-state index contributed by atoms with van der Waals surface area (Å²) in [6.45, 7) is 2.14. The zero-order valence-corrected chi connectivity index (χ0v) is 11.7. The van der Waals surface area contributed by atoms with Crippen molar-refractivity contribution in [3.63, 3.8) is 0 Å². The Balaban J connectivity index is 2.06. The van der Waals surface area contributed by atoms with Crippen LogP contribution in [0, 0.1) is 5.92 Å². The minimum Gasteiger partial charge on any atom is -0.394 e. The molecule has 0 bridgehead atoms. The van der Waals surface area contributed by atoms with Crippen LogP contribution in [0.3, 0.4) is 0 Å². The summed E-state index contributed by atoms with van der Waals surface area (Å²) in [6, 6.07) is 3.05. The van der Waals surface area contributed by atoms with Gasteiger partial charge in [-0.05, 0) is 43.7 Å². The van der Waals surface area contributed by atoms with Crippen molar-refractivity contribution in [3.8, 4) is 0 Å². The van der Waals surface area contributed by atoms with Crippen LogP contribution in [0.15, 0.2) is 12.1 Å². The molecule has 1 aliphatic carbocycles. The SMILES string of the molecule is CC1CCC(CO)(NC(=O)c2ccc(Cl)nn2)CC1. The maximum absolute atomic E-state index is 12.1. The zero-order valence-electron chi connectivity index (χ0n) is 10.9. The predicted molar refractivity (Wildman–Crippen MR) is 72.0 cm³/mol. The van der Waals surface area contributed by atoms with Crippen LogP contribution in [-0.4, -0.2) is 33.4 Å². The Morgan fingerprint density at radius 3 is 2.68 bits per heavy atom. The van der Waals surface area contributed by atoms with Crippen molar-refractivity contribution in [2.24, 2.45) is 5.92 Å². The Kier molecular flexibility index (Phi) is 4.37. The van der Waals surface area contributed by atoms with Gasteiger partial charge < -0.3 is 10.4 Å². The van der Waals surface area contributed by atoms with E-state index in [9.17, 15) is 9.90 Å². The average Bonchev–Trinajstić information content (AvgIpc) is 2.42. The van der Waals surface area contributed by atoms with Gasteiger partial charge in [-0.2, -0.15) is 0 Å². The molecule has 5 nitrogen and oxygen atoms in total. The maximum atomic E-state index is 12.1. The number of aromatic nitrogens is 2. The predicted octanol–water partition coefficient (Wildman–Crippen LogP) is 1.80. The molecule has 1 aromatic rings. The Morgan fingerprint density at radius 2 is 2.16 bits per heavy atom. The molecule has 1 amide bonds. The van der Waals surface area contributed by atoms with Gasteiger partial charge in [0.1, 0.15) is 0 Å². The van der Waals surface area contributed by atoms with Crippen molar-refractivity contribution in [1.29, 1.82) is 0 Å². The molecule has 6 heteroatoms. The number of aliphatic hydroxyl groups excluding tert-OH is 1. The minimum atomic E-state index is -0.523. The number of hydrogen-bond donors (Lipinski definition) is 2. The first-order valence-electron chi connectivity index (χ1n) is 6.47. The summed E-state index contributed by atoms with van der Waals surface area (Å²) in [5, 5.41) is 20.1. The molecule has 0 radical (unpaired) electrons. The van der Waals surface area contributed by atoms with E-state index >= 15 is 0 Å². The monoisotopic (exact) mass is 283 g/mol. The molecule has 1 saturated carbocycles. The van der Waals surface area contributed by atoms with Gasteiger partial charge in [-0.3, -0.25) is 4.79 Å². The molecule has 0 aliphatic heterocycles. The number of aliphatic hydroxyl groups is 1. The standard InChI is InChI=1S/C13H18ClN3O2/c1-9-4-6-13(8-18,7-5-9)15-12(19)10-2-3-11(14)17-16-10/h2-3,9,18H,4-8H2,1H3,(H,15,19). The molecule has 1 heterocycles. The van der Waals surface area contributed by atoms with Gasteiger partial charge >= 0.3 is 0 Å². The second-order valence-electron chi connectivity index (χ2n) is 5.32. The lowest BCUT2D eigenvalue weighted by Gasteiger charge is -2.38. The van der Waals surface area contributed by atoms with Gasteiger partial charge in [0.15, 0.2) is 10.8 Å². The first-order valence-corrected chi connectivity index (χ1v) is 6.85. The number of nitrogens with zero attached hydrogens (tertiary/aromatic N) is 2. The van der Waals surface area contributed by atoms with E-state index < -0.39 is 5.54 Å². The van der Waals surface area contributed by atoms with Crippen LogP contribution in [-0.2, 0) is 0 Å². The Morgan fingerprint density at radius 1 is 1.47 bits per heavy atom. The molecule has 1 aromatic heterocycles. The Hall–Kier alpha value is -1.20. The lowest BCUT2D eigenvalue weighted by Crippen LogP contribution is -2.53. The van der Waals surface area contributed by atoms with E-state index in [1.54, 1.807) is 0 Å². The number of halogens is 1. The number of rotatable bonds is 3. The third kappa shape index (κ3) is 3.42. The number of carbonyl (C=O) groups is 1. The average molecular weight is 284 g/mol.